The van der Waals surface area contributed by atoms with Gasteiger partial charge < -0.3 is 5.32 Å². The van der Waals surface area contributed by atoms with Crippen molar-refractivity contribution in [2.45, 2.75) is 45.2 Å². The normalized spacial score (nSPS) is 23.1. The molecule has 0 heterocycles. The molecule has 0 aliphatic heterocycles. The lowest BCUT2D eigenvalue weighted by Crippen LogP contribution is -2.35. The van der Waals surface area contributed by atoms with E-state index in [9.17, 15) is 0 Å². The molecule has 0 saturated heterocycles. The van der Waals surface area contributed by atoms with E-state index in [-0.39, 0.29) is 0 Å². The van der Waals surface area contributed by atoms with Gasteiger partial charge in [-0.15, -0.1) is 0 Å². The largest absolute Gasteiger partial charge is 0.303 e. The summed E-state index contributed by atoms with van der Waals surface area (Å²) in [5.74, 6) is 0.778. The minimum Gasteiger partial charge on any atom is -0.303 e. The lowest BCUT2D eigenvalue weighted by atomic mass is 9.93. The second-order valence-electron chi connectivity index (χ2n) is 6.38. The number of hydrogen-bond acceptors (Lipinski definition) is 1. The lowest BCUT2D eigenvalue weighted by Gasteiger charge is -2.27. The molecule has 1 aliphatic carbocycles. The highest BCUT2D eigenvalue weighted by Crippen LogP contribution is 2.31. The Morgan fingerprint density at radius 2 is 1.67 bits per heavy atom. The van der Waals surface area contributed by atoms with Crippen LogP contribution in [0.5, 0.6) is 0 Å². The fraction of sp³-hybridized carbons (Fsp3) is 0.400. The van der Waals surface area contributed by atoms with E-state index < -0.39 is 0 Å². The molecule has 1 heteroatoms. The van der Waals surface area contributed by atoms with E-state index in [4.69, 9.17) is 0 Å². The zero-order valence-electron chi connectivity index (χ0n) is 13.0. The van der Waals surface area contributed by atoms with Crippen molar-refractivity contribution in [3.8, 4) is 0 Å². The van der Waals surface area contributed by atoms with Crippen LogP contribution in [0.1, 0.15) is 48.9 Å². The van der Waals surface area contributed by atoms with Gasteiger partial charge in [0.2, 0.25) is 0 Å². The van der Waals surface area contributed by atoms with Gasteiger partial charge in [-0.3, -0.25) is 0 Å². The van der Waals surface area contributed by atoms with Crippen molar-refractivity contribution >= 4 is 0 Å². The minimum atomic E-state index is 0.304. The fourth-order valence-electron chi connectivity index (χ4n) is 3.53. The summed E-state index contributed by atoms with van der Waals surface area (Å²) in [6.07, 6.45) is 4.01. The highest BCUT2D eigenvalue weighted by molar-refractivity contribution is 5.36. The van der Waals surface area contributed by atoms with Crippen molar-refractivity contribution in [2.24, 2.45) is 5.92 Å². The number of hydrogen-bond donors (Lipinski definition) is 1. The molecule has 21 heavy (non-hydrogen) atoms. The molecular weight excluding hydrogens is 254 g/mol. The van der Waals surface area contributed by atoms with Gasteiger partial charge in [-0.05, 0) is 42.4 Å². The lowest BCUT2D eigenvalue weighted by molar-refractivity contribution is 0.399. The number of benzene rings is 2. The molecule has 3 atom stereocenters. The van der Waals surface area contributed by atoms with Crippen molar-refractivity contribution < 1.29 is 0 Å². The van der Waals surface area contributed by atoms with Crippen molar-refractivity contribution in [1.29, 1.82) is 0 Å². The predicted octanol–water partition coefficient (Wildman–Crippen LogP) is 4.86. The molecule has 0 spiro atoms. The van der Waals surface area contributed by atoms with Gasteiger partial charge in [-0.1, -0.05) is 67.9 Å². The summed E-state index contributed by atoms with van der Waals surface area (Å²) in [6.45, 7) is 4.59. The molecule has 0 amide bonds. The molecule has 2 aromatic carbocycles. The maximum atomic E-state index is 3.94. The standard InChI is InChI=1S/C20H25N/c1-15-9-6-7-13-18(15)20(17-11-4-3-5-12-17)21-19-14-8-10-16(19)2/h3-7,9,11-13,16,19-21H,8,10,14H2,1-2H3. The minimum absolute atomic E-state index is 0.304. The first-order valence-electron chi connectivity index (χ1n) is 8.12. The topological polar surface area (TPSA) is 12.0 Å². The Hall–Kier alpha value is -1.60. The van der Waals surface area contributed by atoms with E-state index >= 15 is 0 Å². The summed E-state index contributed by atoms with van der Waals surface area (Å²) in [4.78, 5) is 0. The first-order valence-corrected chi connectivity index (χ1v) is 8.12. The molecule has 1 fully saturated rings. The van der Waals surface area contributed by atoms with Crippen LogP contribution >= 0.6 is 0 Å². The average molecular weight is 279 g/mol. The highest BCUT2D eigenvalue weighted by atomic mass is 15.0. The van der Waals surface area contributed by atoms with Gasteiger partial charge in [0.05, 0.1) is 6.04 Å². The quantitative estimate of drug-likeness (QED) is 0.842. The third-order valence-electron chi connectivity index (χ3n) is 4.87. The molecular formula is C20H25N. The van der Waals surface area contributed by atoms with E-state index in [0.717, 1.165) is 5.92 Å². The summed E-state index contributed by atoms with van der Waals surface area (Å²) in [7, 11) is 0. The van der Waals surface area contributed by atoms with E-state index in [1.54, 1.807) is 0 Å². The molecule has 1 nitrogen and oxygen atoms in total. The summed E-state index contributed by atoms with van der Waals surface area (Å²) in [5, 5.41) is 3.94. The summed E-state index contributed by atoms with van der Waals surface area (Å²) in [5.41, 5.74) is 4.14. The van der Waals surface area contributed by atoms with Gasteiger partial charge in [0.15, 0.2) is 0 Å². The predicted molar refractivity (Wildman–Crippen MR) is 89.4 cm³/mol. The Morgan fingerprint density at radius 3 is 2.33 bits per heavy atom. The van der Waals surface area contributed by atoms with Gasteiger partial charge in [0, 0.05) is 6.04 Å². The van der Waals surface area contributed by atoms with Crippen LogP contribution in [0.3, 0.4) is 0 Å². The zero-order valence-corrected chi connectivity index (χ0v) is 13.0. The molecule has 3 unspecified atom stereocenters. The fourth-order valence-corrected chi connectivity index (χ4v) is 3.53. The highest BCUT2D eigenvalue weighted by Gasteiger charge is 2.27. The maximum Gasteiger partial charge on any atom is 0.0581 e. The Kier molecular flexibility index (Phi) is 4.40. The third kappa shape index (κ3) is 3.19. The number of nitrogens with one attached hydrogen (secondary N) is 1. The van der Waals surface area contributed by atoms with Crippen molar-refractivity contribution in [3.05, 3.63) is 71.3 Å². The molecule has 3 rings (SSSR count). The van der Waals surface area contributed by atoms with Gasteiger partial charge in [0.25, 0.3) is 0 Å². The monoisotopic (exact) mass is 279 g/mol. The SMILES string of the molecule is Cc1ccccc1C(NC1CCCC1C)c1ccccc1. The van der Waals surface area contributed by atoms with Crippen LogP contribution in [0.25, 0.3) is 0 Å². The van der Waals surface area contributed by atoms with Crippen molar-refractivity contribution in [2.75, 3.05) is 0 Å². The average Bonchev–Trinajstić information content (AvgIpc) is 2.92. The first-order chi connectivity index (χ1) is 10.3. The smallest absolute Gasteiger partial charge is 0.0581 e. The van der Waals surface area contributed by atoms with Crippen molar-refractivity contribution in [1.82, 2.24) is 5.32 Å². The van der Waals surface area contributed by atoms with Crippen LogP contribution in [-0.4, -0.2) is 6.04 Å². The van der Waals surface area contributed by atoms with E-state index in [1.165, 1.54) is 36.0 Å². The van der Waals surface area contributed by atoms with Crippen LogP contribution in [0.2, 0.25) is 0 Å². The van der Waals surface area contributed by atoms with Crippen LogP contribution in [0.15, 0.2) is 54.6 Å². The molecule has 0 radical (unpaired) electrons. The zero-order chi connectivity index (χ0) is 14.7. The molecule has 1 N–H and O–H groups in total. The van der Waals surface area contributed by atoms with Gasteiger partial charge >= 0.3 is 0 Å². The first kappa shape index (κ1) is 14.3. The molecule has 1 saturated carbocycles. The second kappa shape index (κ2) is 6.44. The van der Waals surface area contributed by atoms with E-state index in [0.29, 0.717) is 12.1 Å². The van der Waals surface area contributed by atoms with Gasteiger partial charge in [-0.2, -0.15) is 0 Å². The van der Waals surface area contributed by atoms with Gasteiger partial charge in [0.1, 0.15) is 0 Å². The van der Waals surface area contributed by atoms with E-state index in [2.05, 4.69) is 73.8 Å². The van der Waals surface area contributed by atoms with Crippen molar-refractivity contribution in [3.63, 3.8) is 0 Å². The molecule has 2 aromatic rings. The number of rotatable bonds is 4. The van der Waals surface area contributed by atoms with Crippen LogP contribution in [-0.2, 0) is 0 Å². The van der Waals surface area contributed by atoms with Gasteiger partial charge in [-0.25, -0.2) is 0 Å². The Morgan fingerprint density at radius 1 is 0.952 bits per heavy atom. The third-order valence-corrected chi connectivity index (χ3v) is 4.87. The van der Waals surface area contributed by atoms with Crippen LogP contribution < -0.4 is 5.32 Å². The van der Waals surface area contributed by atoms with Crippen LogP contribution in [0.4, 0.5) is 0 Å². The Labute approximate surface area is 128 Å². The van der Waals surface area contributed by atoms with Crippen LogP contribution in [0, 0.1) is 12.8 Å². The molecule has 0 aromatic heterocycles. The molecule has 1 aliphatic rings. The Bertz CT molecular complexity index is 575. The van der Waals surface area contributed by atoms with E-state index in [1.807, 2.05) is 0 Å². The second-order valence-corrected chi connectivity index (χ2v) is 6.38. The molecule has 110 valence electrons. The maximum absolute atomic E-state index is 3.94. The molecule has 0 bridgehead atoms. The Balaban J connectivity index is 1.93. The summed E-state index contributed by atoms with van der Waals surface area (Å²) >= 11 is 0. The number of aryl methyl sites for hydroxylation is 1. The summed E-state index contributed by atoms with van der Waals surface area (Å²) in [6, 6.07) is 20.5. The summed E-state index contributed by atoms with van der Waals surface area (Å²) < 4.78 is 0.